The van der Waals surface area contributed by atoms with Crippen LogP contribution in [-0.4, -0.2) is 23.0 Å². The van der Waals surface area contributed by atoms with Gasteiger partial charge < -0.3 is 9.15 Å². The molecule has 0 aliphatic carbocycles. The van der Waals surface area contributed by atoms with Crippen LogP contribution in [0.15, 0.2) is 45.8 Å². The van der Waals surface area contributed by atoms with Gasteiger partial charge in [-0.25, -0.2) is 14.8 Å². The molecule has 0 spiro atoms. The Labute approximate surface area is 150 Å². The van der Waals surface area contributed by atoms with Crippen molar-refractivity contribution in [3.05, 3.63) is 53.7 Å². The van der Waals surface area contributed by atoms with Crippen LogP contribution in [-0.2, 0) is 10.9 Å². The fourth-order valence-corrected chi connectivity index (χ4v) is 3.29. The first-order chi connectivity index (χ1) is 12.3. The highest BCUT2D eigenvalue weighted by Crippen LogP contribution is 2.39. The summed E-state index contributed by atoms with van der Waals surface area (Å²) >= 11 is 1.09. The zero-order valence-corrected chi connectivity index (χ0v) is 14.5. The van der Waals surface area contributed by atoms with Crippen LogP contribution in [0.1, 0.15) is 34.3 Å². The molecular weight excluding hydrogens is 369 g/mol. The number of aromatic nitrogens is 2. The lowest BCUT2D eigenvalue weighted by molar-refractivity contribution is -0.145. The Hall–Kier alpha value is -2.55. The Bertz CT molecular complexity index is 956. The van der Waals surface area contributed by atoms with Gasteiger partial charge in [0.15, 0.2) is 0 Å². The molecule has 0 amide bonds. The molecule has 2 heterocycles. The number of halogens is 3. The van der Waals surface area contributed by atoms with E-state index in [4.69, 9.17) is 4.42 Å². The lowest BCUT2D eigenvalue weighted by Gasteiger charge is -2.13. The summed E-state index contributed by atoms with van der Waals surface area (Å²) < 4.78 is 49.2. The topological polar surface area (TPSA) is 65.2 Å². The number of fused-ring (bicyclic) bond motifs is 1. The van der Waals surface area contributed by atoms with E-state index in [1.807, 2.05) is 0 Å². The van der Waals surface area contributed by atoms with Gasteiger partial charge in [0, 0.05) is 5.39 Å². The van der Waals surface area contributed by atoms with Crippen molar-refractivity contribution in [2.45, 2.75) is 23.4 Å². The Morgan fingerprint density at radius 3 is 2.62 bits per heavy atom. The quantitative estimate of drug-likeness (QED) is 0.364. The van der Waals surface area contributed by atoms with E-state index < -0.39 is 18.0 Å². The number of benzene rings is 1. The minimum Gasteiger partial charge on any atom is -0.463 e. The summed E-state index contributed by atoms with van der Waals surface area (Å²) in [5, 5.41) is 0.316. The number of carbonyl (C=O) groups is 1. The van der Waals surface area contributed by atoms with Crippen molar-refractivity contribution < 1.29 is 27.1 Å². The number of hydrogen-bond acceptors (Lipinski definition) is 6. The van der Waals surface area contributed by atoms with Gasteiger partial charge in [-0.2, -0.15) is 13.2 Å². The molecule has 0 unspecified atom stereocenters. The number of rotatable bonds is 4. The van der Waals surface area contributed by atoms with E-state index in [-0.39, 0.29) is 21.6 Å². The van der Waals surface area contributed by atoms with Crippen LogP contribution in [0.4, 0.5) is 13.2 Å². The number of esters is 1. The molecule has 3 rings (SSSR count). The average molecular weight is 382 g/mol. The lowest BCUT2D eigenvalue weighted by Crippen LogP contribution is -2.12. The predicted molar refractivity (Wildman–Crippen MR) is 88.9 cm³/mol. The first kappa shape index (κ1) is 18.2. The molecule has 0 aliphatic heterocycles. The molecule has 0 fully saturated rings. The Morgan fingerprint density at radius 1 is 1.19 bits per heavy atom. The zero-order valence-electron chi connectivity index (χ0n) is 13.7. The number of methoxy groups -OCH3 is 1. The molecule has 5 nitrogen and oxygen atoms in total. The first-order valence-electron chi connectivity index (χ1n) is 7.48. The molecule has 0 N–H and O–H groups in total. The fraction of sp³-hybridized carbons (Fsp3) is 0.235. The van der Waals surface area contributed by atoms with Gasteiger partial charge in [0.1, 0.15) is 10.8 Å². The van der Waals surface area contributed by atoms with Gasteiger partial charge in [0.2, 0.25) is 11.6 Å². The molecule has 9 heteroatoms. The Kier molecular flexibility index (Phi) is 4.90. The monoisotopic (exact) mass is 382 g/mol. The van der Waals surface area contributed by atoms with Gasteiger partial charge in [-0.3, -0.25) is 0 Å². The van der Waals surface area contributed by atoms with E-state index in [2.05, 4.69) is 14.7 Å². The minimum absolute atomic E-state index is 0.0264. The van der Waals surface area contributed by atoms with Crippen LogP contribution < -0.4 is 0 Å². The molecule has 0 radical (unpaired) electrons. The Balaban J connectivity index is 1.97. The van der Waals surface area contributed by atoms with Crippen LogP contribution >= 0.6 is 11.8 Å². The van der Waals surface area contributed by atoms with Crippen molar-refractivity contribution in [2.24, 2.45) is 0 Å². The van der Waals surface area contributed by atoms with Gasteiger partial charge in [0.05, 0.1) is 17.9 Å². The maximum absolute atomic E-state index is 13.1. The molecule has 136 valence electrons. The molecule has 0 bridgehead atoms. The van der Waals surface area contributed by atoms with Gasteiger partial charge in [-0.15, -0.1) is 0 Å². The van der Waals surface area contributed by atoms with Gasteiger partial charge >= 0.3 is 12.1 Å². The molecule has 2 aromatic heterocycles. The van der Waals surface area contributed by atoms with Crippen LogP contribution in [0.3, 0.4) is 0 Å². The summed E-state index contributed by atoms with van der Waals surface area (Å²) in [7, 11) is 1.23. The van der Waals surface area contributed by atoms with Crippen molar-refractivity contribution in [1.82, 2.24) is 9.97 Å². The second-order valence-corrected chi connectivity index (χ2v) is 6.65. The SMILES string of the molecule is COC(=O)c1ccc([C@@H](C)Sc2nc(C(F)(F)F)nc3ccccc23)o1. The third-order valence-electron chi connectivity index (χ3n) is 3.52. The number of carbonyl (C=O) groups excluding carboxylic acids is 1. The molecule has 26 heavy (non-hydrogen) atoms. The maximum atomic E-state index is 13.1. The predicted octanol–water partition coefficient (Wildman–Crippen LogP) is 4.88. The van der Waals surface area contributed by atoms with Crippen molar-refractivity contribution in [3.8, 4) is 0 Å². The van der Waals surface area contributed by atoms with Gasteiger partial charge in [-0.05, 0) is 25.1 Å². The Morgan fingerprint density at radius 2 is 1.92 bits per heavy atom. The molecule has 0 saturated heterocycles. The maximum Gasteiger partial charge on any atom is 0.451 e. The standard InChI is InChI=1S/C17H13F3N2O3S/c1-9(12-7-8-13(25-12)15(23)24-2)26-14-10-5-3-4-6-11(10)21-16(22-14)17(18,19)20/h3-9H,1-2H3/t9-/m1/s1. The number of alkyl halides is 3. The summed E-state index contributed by atoms with van der Waals surface area (Å²) in [6.07, 6.45) is -4.65. The van der Waals surface area contributed by atoms with E-state index in [1.54, 1.807) is 31.2 Å². The highest BCUT2D eigenvalue weighted by atomic mass is 32.2. The summed E-state index contributed by atoms with van der Waals surface area (Å²) in [4.78, 5) is 18.7. The van der Waals surface area contributed by atoms with Gasteiger partial charge in [-0.1, -0.05) is 30.0 Å². The lowest BCUT2D eigenvalue weighted by atomic mass is 10.2. The van der Waals surface area contributed by atoms with Crippen molar-refractivity contribution >= 4 is 28.6 Å². The first-order valence-corrected chi connectivity index (χ1v) is 8.36. The highest BCUT2D eigenvalue weighted by molar-refractivity contribution is 7.99. The van der Waals surface area contributed by atoms with Crippen LogP contribution in [0, 0.1) is 0 Å². The van der Waals surface area contributed by atoms with Gasteiger partial charge in [0.25, 0.3) is 0 Å². The molecule has 1 atom stereocenters. The van der Waals surface area contributed by atoms with E-state index in [0.29, 0.717) is 11.1 Å². The average Bonchev–Trinajstić information content (AvgIpc) is 3.10. The third-order valence-corrected chi connectivity index (χ3v) is 4.64. The minimum atomic E-state index is -4.65. The highest BCUT2D eigenvalue weighted by Gasteiger charge is 2.35. The van der Waals surface area contributed by atoms with Crippen LogP contribution in [0.25, 0.3) is 10.9 Å². The third kappa shape index (κ3) is 3.67. The fourth-order valence-electron chi connectivity index (χ4n) is 2.27. The summed E-state index contributed by atoms with van der Waals surface area (Å²) in [6, 6.07) is 9.52. The number of nitrogens with zero attached hydrogens (tertiary/aromatic N) is 2. The number of furan rings is 1. The van der Waals surface area contributed by atoms with Crippen molar-refractivity contribution in [2.75, 3.05) is 7.11 Å². The van der Waals surface area contributed by atoms with E-state index in [0.717, 1.165) is 11.8 Å². The zero-order chi connectivity index (χ0) is 18.9. The summed E-state index contributed by atoms with van der Waals surface area (Å²) in [6.45, 7) is 1.74. The van der Waals surface area contributed by atoms with Crippen LogP contribution in [0.5, 0.6) is 0 Å². The van der Waals surface area contributed by atoms with Crippen molar-refractivity contribution in [1.29, 1.82) is 0 Å². The number of hydrogen-bond donors (Lipinski definition) is 0. The largest absolute Gasteiger partial charge is 0.463 e. The van der Waals surface area contributed by atoms with Crippen molar-refractivity contribution in [3.63, 3.8) is 0 Å². The summed E-state index contributed by atoms with van der Waals surface area (Å²) in [5.74, 6) is -1.37. The summed E-state index contributed by atoms with van der Waals surface area (Å²) in [5.41, 5.74) is 0.208. The van der Waals surface area contributed by atoms with E-state index >= 15 is 0 Å². The second-order valence-electron chi connectivity index (χ2n) is 5.32. The molecule has 1 aromatic carbocycles. The normalized spacial score (nSPS) is 13.0. The smallest absolute Gasteiger partial charge is 0.451 e. The molecule has 0 saturated carbocycles. The van der Waals surface area contributed by atoms with E-state index in [9.17, 15) is 18.0 Å². The molecule has 3 aromatic rings. The number of thioether (sulfide) groups is 1. The van der Waals surface area contributed by atoms with Crippen LogP contribution in [0.2, 0.25) is 0 Å². The van der Waals surface area contributed by atoms with E-state index in [1.165, 1.54) is 19.2 Å². The number of para-hydroxylation sites is 1. The molecular formula is C17H13F3N2O3S. The second kappa shape index (κ2) is 6.99. The number of ether oxygens (including phenoxy) is 1. The molecule has 0 aliphatic rings.